The molecule has 0 spiro atoms. The normalized spacial score (nSPS) is 13.6. The van der Waals surface area contributed by atoms with Crippen molar-refractivity contribution in [3.8, 4) is 0 Å². The Labute approximate surface area is 169 Å². The lowest BCUT2D eigenvalue weighted by molar-refractivity contribution is -0.141. The van der Waals surface area contributed by atoms with Crippen LogP contribution >= 0.6 is 11.3 Å². The van der Waals surface area contributed by atoms with E-state index in [1.807, 2.05) is 0 Å². The maximum Gasteiger partial charge on any atom is 0.417 e. The molecular weight excluding hydrogens is 431 g/mol. The summed E-state index contributed by atoms with van der Waals surface area (Å²) in [4.78, 5) is 27.6. The molecule has 1 N–H and O–H groups in total. The quantitative estimate of drug-likeness (QED) is 0.589. The zero-order chi connectivity index (χ0) is 22.2. The lowest BCUT2D eigenvalue weighted by Gasteiger charge is -2.13. The van der Waals surface area contributed by atoms with Crippen LogP contribution in [0.2, 0.25) is 0 Å². The zero-order valence-electron chi connectivity index (χ0n) is 15.2. The van der Waals surface area contributed by atoms with Crippen molar-refractivity contribution in [2.75, 3.05) is 0 Å². The maximum absolute atomic E-state index is 13.8. The summed E-state index contributed by atoms with van der Waals surface area (Å²) in [7, 11) is 0. The summed E-state index contributed by atoms with van der Waals surface area (Å²) in [5.41, 5.74) is -1.97. The summed E-state index contributed by atoms with van der Waals surface area (Å²) in [5, 5.41) is 9.50. The van der Waals surface area contributed by atoms with Crippen LogP contribution in [0.25, 0.3) is 10.2 Å². The van der Waals surface area contributed by atoms with Crippen molar-refractivity contribution in [2.24, 2.45) is 4.99 Å². The number of halogens is 5. The fraction of sp³-hybridized carbons (Fsp3) is 0.211. The van der Waals surface area contributed by atoms with Crippen LogP contribution < -0.4 is 4.80 Å². The van der Waals surface area contributed by atoms with Crippen molar-refractivity contribution < 1.29 is 36.6 Å². The molecule has 2 aromatic carbocycles. The summed E-state index contributed by atoms with van der Waals surface area (Å²) in [6.07, 6.45) is -4.81. The molecule has 0 aliphatic heterocycles. The molecule has 0 saturated carbocycles. The first kappa shape index (κ1) is 21.6. The van der Waals surface area contributed by atoms with Crippen LogP contribution in [-0.2, 0) is 11.0 Å². The number of aromatic nitrogens is 1. The average molecular weight is 444 g/mol. The number of carboxylic acids is 1. The number of aliphatic carboxylic acids is 1. The standard InChI is InChI=1S/C19H13F5N2O3S/c1-2-13(17(28)29)26-14-7-11(20)12(21)8-15(14)30-18(26)25-16(27)9-5-3-4-6-10(9)19(22,23)24/h3-8,13H,2H2,1H3,(H,28,29)/b25-18-. The van der Waals surface area contributed by atoms with Crippen molar-refractivity contribution in [3.63, 3.8) is 0 Å². The molecule has 1 amide bonds. The van der Waals surface area contributed by atoms with Gasteiger partial charge in [-0.2, -0.15) is 18.2 Å². The second-order valence-electron chi connectivity index (χ2n) is 6.21. The molecule has 1 unspecified atom stereocenters. The Balaban J connectivity index is 2.29. The summed E-state index contributed by atoms with van der Waals surface area (Å²) in [5.74, 6) is -5.02. The van der Waals surface area contributed by atoms with E-state index in [2.05, 4.69) is 4.99 Å². The maximum atomic E-state index is 13.8. The number of carboxylic acid groups (broad SMARTS) is 1. The molecule has 1 aromatic heterocycles. The number of nitrogens with zero attached hydrogens (tertiary/aromatic N) is 2. The predicted octanol–water partition coefficient (Wildman–Crippen LogP) is 4.78. The molecule has 30 heavy (non-hydrogen) atoms. The van der Waals surface area contributed by atoms with Crippen molar-refractivity contribution in [2.45, 2.75) is 25.6 Å². The minimum Gasteiger partial charge on any atom is -0.480 e. The Kier molecular flexibility index (Phi) is 5.75. The highest BCUT2D eigenvalue weighted by Crippen LogP contribution is 2.32. The molecule has 0 aliphatic rings. The molecule has 0 aliphatic carbocycles. The first-order valence-corrected chi connectivity index (χ1v) is 9.34. The van der Waals surface area contributed by atoms with Crippen LogP contribution in [0.1, 0.15) is 35.3 Å². The second-order valence-corrected chi connectivity index (χ2v) is 7.22. The van der Waals surface area contributed by atoms with E-state index in [1.165, 1.54) is 13.0 Å². The molecule has 3 rings (SSSR count). The largest absolute Gasteiger partial charge is 0.480 e. The third-order valence-electron chi connectivity index (χ3n) is 4.31. The molecule has 11 heteroatoms. The summed E-state index contributed by atoms with van der Waals surface area (Å²) in [6.45, 7) is 1.51. The first-order valence-electron chi connectivity index (χ1n) is 8.52. The van der Waals surface area contributed by atoms with Crippen molar-refractivity contribution in [1.82, 2.24) is 4.57 Å². The molecule has 0 fully saturated rings. The Bertz CT molecular complexity index is 1210. The van der Waals surface area contributed by atoms with Crippen molar-refractivity contribution in [1.29, 1.82) is 0 Å². The molecule has 0 bridgehead atoms. The third-order valence-corrected chi connectivity index (χ3v) is 5.33. The number of hydrogen-bond donors (Lipinski definition) is 1. The van der Waals surface area contributed by atoms with E-state index in [9.17, 15) is 36.6 Å². The van der Waals surface area contributed by atoms with Gasteiger partial charge < -0.3 is 9.67 Å². The number of carbonyl (C=O) groups excluding carboxylic acids is 1. The molecule has 0 saturated heterocycles. The average Bonchev–Trinajstić information content (AvgIpc) is 2.98. The first-order chi connectivity index (χ1) is 14.0. The highest BCUT2D eigenvalue weighted by Gasteiger charge is 2.35. The van der Waals surface area contributed by atoms with Crippen LogP contribution in [-0.4, -0.2) is 21.6 Å². The van der Waals surface area contributed by atoms with Crippen LogP contribution in [0.3, 0.4) is 0 Å². The third kappa shape index (κ3) is 3.97. The second kappa shape index (κ2) is 7.98. The number of benzene rings is 2. The summed E-state index contributed by atoms with van der Waals surface area (Å²) >= 11 is 0.668. The van der Waals surface area contributed by atoms with Crippen LogP contribution in [0.15, 0.2) is 41.4 Å². The smallest absolute Gasteiger partial charge is 0.417 e. The topological polar surface area (TPSA) is 71.7 Å². The Morgan fingerprint density at radius 3 is 2.40 bits per heavy atom. The van der Waals surface area contributed by atoms with Gasteiger partial charge in [0, 0.05) is 6.07 Å². The van der Waals surface area contributed by atoms with Gasteiger partial charge >= 0.3 is 12.1 Å². The Morgan fingerprint density at radius 2 is 1.80 bits per heavy atom. The number of thiazole rings is 1. The SMILES string of the molecule is CCC(C(=O)O)n1/c(=N/C(=O)c2ccccc2C(F)(F)F)sc2cc(F)c(F)cc21. The minimum absolute atomic E-state index is 0.000672. The number of carbonyl (C=O) groups is 2. The molecule has 5 nitrogen and oxygen atoms in total. The monoisotopic (exact) mass is 444 g/mol. The fourth-order valence-electron chi connectivity index (χ4n) is 2.95. The molecular formula is C19H13F5N2O3S. The van der Waals surface area contributed by atoms with Gasteiger partial charge in [0.1, 0.15) is 6.04 Å². The van der Waals surface area contributed by atoms with Gasteiger partial charge in [0.05, 0.1) is 21.3 Å². The number of rotatable bonds is 4. The number of fused-ring (bicyclic) bond motifs is 1. The molecule has 1 atom stereocenters. The molecule has 0 radical (unpaired) electrons. The number of hydrogen-bond acceptors (Lipinski definition) is 3. The van der Waals surface area contributed by atoms with E-state index in [0.717, 1.165) is 34.9 Å². The van der Waals surface area contributed by atoms with Gasteiger partial charge in [0.15, 0.2) is 16.4 Å². The Hall–Kier alpha value is -3.08. The van der Waals surface area contributed by atoms with Gasteiger partial charge in [-0.25, -0.2) is 13.6 Å². The van der Waals surface area contributed by atoms with E-state index >= 15 is 0 Å². The van der Waals surface area contributed by atoms with E-state index in [4.69, 9.17) is 0 Å². The van der Waals surface area contributed by atoms with Crippen LogP contribution in [0.5, 0.6) is 0 Å². The van der Waals surface area contributed by atoms with Gasteiger partial charge in [-0.3, -0.25) is 4.79 Å². The number of amides is 1. The van der Waals surface area contributed by atoms with Gasteiger partial charge in [-0.1, -0.05) is 30.4 Å². The summed E-state index contributed by atoms with van der Waals surface area (Å²) < 4.78 is 68.1. The predicted molar refractivity (Wildman–Crippen MR) is 98.0 cm³/mol. The highest BCUT2D eigenvalue weighted by molar-refractivity contribution is 7.16. The molecule has 1 heterocycles. The molecule has 3 aromatic rings. The van der Waals surface area contributed by atoms with E-state index < -0.39 is 46.9 Å². The number of alkyl halides is 3. The van der Waals surface area contributed by atoms with E-state index in [0.29, 0.717) is 11.3 Å². The van der Waals surface area contributed by atoms with Gasteiger partial charge in [0.2, 0.25) is 0 Å². The van der Waals surface area contributed by atoms with Gasteiger partial charge in [-0.15, -0.1) is 0 Å². The van der Waals surface area contributed by atoms with E-state index in [1.54, 1.807) is 0 Å². The highest BCUT2D eigenvalue weighted by atomic mass is 32.1. The lowest BCUT2D eigenvalue weighted by atomic mass is 10.1. The Morgan fingerprint density at radius 1 is 1.17 bits per heavy atom. The van der Waals surface area contributed by atoms with E-state index in [-0.39, 0.29) is 21.4 Å². The van der Waals surface area contributed by atoms with Gasteiger partial charge in [-0.05, 0) is 24.6 Å². The summed E-state index contributed by atoms with van der Waals surface area (Å²) in [6, 6.07) is 4.29. The van der Waals surface area contributed by atoms with Crippen LogP contribution in [0, 0.1) is 11.6 Å². The fourth-order valence-corrected chi connectivity index (χ4v) is 4.02. The minimum atomic E-state index is -4.81. The van der Waals surface area contributed by atoms with Crippen molar-refractivity contribution in [3.05, 3.63) is 64.0 Å². The molecule has 158 valence electrons. The lowest BCUT2D eigenvalue weighted by Crippen LogP contribution is -2.27. The van der Waals surface area contributed by atoms with Crippen molar-refractivity contribution >= 4 is 33.4 Å². The van der Waals surface area contributed by atoms with Crippen LogP contribution in [0.4, 0.5) is 22.0 Å². The zero-order valence-corrected chi connectivity index (χ0v) is 16.0. The van der Waals surface area contributed by atoms with Gasteiger partial charge in [0.25, 0.3) is 5.91 Å².